The highest BCUT2D eigenvalue weighted by Crippen LogP contribution is 2.43. The summed E-state index contributed by atoms with van der Waals surface area (Å²) in [6.07, 6.45) is 8.12. The van der Waals surface area contributed by atoms with Crippen molar-refractivity contribution in [1.82, 2.24) is 5.32 Å². The Balaban J connectivity index is 1.75. The molecule has 1 fully saturated rings. The van der Waals surface area contributed by atoms with Gasteiger partial charge in [0.15, 0.2) is 5.17 Å². The van der Waals surface area contributed by atoms with Crippen molar-refractivity contribution in [2.75, 3.05) is 13.1 Å². The van der Waals surface area contributed by atoms with Crippen molar-refractivity contribution in [1.29, 1.82) is 0 Å². The van der Waals surface area contributed by atoms with Gasteiger partial charge in [0, 0.05) is 11.8 Å². The lowest BCUT2D eigenvalue weighted by Gasteiger charge is -2.41. The van der Waals surface area contributed by atoms with Crippen molar-refractivity contribution in [3.8, 4) is 0 Å². The molecule has 1 saturated carbocycles. The predicted octanol–water partition coefficient (Wildman–Crippen LogP) is 4.06. The van der Waals surface area contributed by atoms with Gasteiger partial charge in [-0.05, 0) is 30.6 Å². The Morgan fingerprint density at radius 2 is 2.06 bits per heavy atom. The van der Waals surface area contributed by atoms with Crippen LogP contribution in [-0.2, 0) is 0 Å². The van der Waals surface area contributed by atoms with Crippen molar-refractivity contribution < 1.29 is 0 Å². The van der Waals surface area contributed by atoms with Crippen LogP contribution < -0.4 is 5.32 Å². The fraction of sp³-hybridized carbons (Fsp3) is 0.933. The highest BCUT2D eigenvalue weighted by molar-refractivity contribution is 8.14. The van der Waals surface area contributed by atoms with E-state index >= 15 is 0 Å². The maximum Gasteiger partial charge on any atom is 0.156 e. The van der Waals surface area contributed by atoms with Crippen molar-refractivity contribution in [2.45, 2.75) is 64.5 Å². The molecule has 0 saturated heterocycles. The first-order valence-electron chi connectivity index (χ1n) is 7.68. The van der Waals surface area contributed by atoms with Gasteiger partial charge in [-0.15, -0.1) is 0 Å². The van der Waals surface area contributed by atoms with Gasteiger partial charge in [-0.2, -0.15) is 0 Å². The van der Waals surface area contributed by atoms with Gasteiger partial charge in [-0.25, -0.2) is 0 Å². The number of nitrogens with one attached hydrogen (secondary N) is 1. The van der Waals surface area contributed by atoms with Gasteiger partial charge in [0.05, 0.1) is 6.54 Å². The van der Waals surface area contributed by atoms with E-state index in [4.69, 9.17) is 4.99 Å². The molecular weight excluding hydrogens is 240 g/mol. The molecule has 1 heterocycles. The van der Waals surface area contributed by atoms with E-state index in [2.05, 4.69) is 26.1 Å². The molecule has 0 bridgehead atoms. The standard InChI is InChI=1S/C15H28N2S/c1-4-12(5-2)13-10-16-14(18-13)17-11-15(6-3)8-7-9-15/h12-13H,4-11H2,1-3H3,(H,16,17). The second-order valence-electron chi connectivity index (χ2n) is 5.94. The lowest BCUT2D eigenvalue weighted by molar-refractivity contribution is 0.132. The van der Waals surface area contributed by atoms with Crippen LogP contribution in [-0.4, -0.2) is 23.5 Å². The molecule has 0 amide bonds. The minimum absolute atomic E-state index is 0.593. The third-order valence-corrected chi connectivity index (χ3v) is 6.36. The number of thioether (sulfide) groups is 1. The molecule has 2 rings (SSSR count). The highest BCUT2D eigenvalue weighted by Gasteiger charge is 2.35. The van der Waals surface area contributed by atoms with Crippen molar-refractivity contribution in [3.63, 3.8) is 0 Å². The van der Waals surface area contributed by atoms with Crippen LogP contribution in [0.1, 0.15) is 59.3 Å². The van der Waals surface area contributed by atoms with E-state index in [9.17, 15) is 0 Å². The van der Waals surface area contributed by atoms with Gasteiger partial charge >= 0.3 is 0 Å². The van der Waals surface area contributed by atoms with Gasteiger partial charge < -0.3 is 5.32 Å². The van der Waals surface area contributed by atoms with E-state index in [1.54, 1.807) is 0 Å². The SMILES string of the molecule is CCC(CC)C1CN=C(NCC2(CC)CCC2)S1. The quantitative estimate of drug-likeness (QED) is 0.785. The first-order valence-corrected chi connectivity index (χ1v) is 8.56. The Morgan fingerprint density at radius 1 is 1.33 bits per heavy atom. The lowest BCUT2D eigenvalue weighted by Crippen LogP contribution is -2.40. The summed E-state index contributed by atoms with van der Waals surface area (Å²) >= 11 is 1.99. The molecule has 18 heavy (non-hydrogen) atoms. The van der Waals surface area contributed by atoms with Crippen LogP contribution in [0.2, 0.25) is 0 Å². The van der Waals surface area contributed by atoms with Crippen LogP contribution in [0.3, 0.4) is 0 Å². The summed E-state index contributed by atoms with van der Waals surface area (Å²) in [6.45, 7) is 9.11. The Kier molecular flexibility index (Phi) is 4.99. The van der Waals surface area contributed by atoms with Crippen LogP contribution in [0.25, 0.3) is 0 Å². The first-order chi connectivity index (χ1) is 8.73. The Hall–Kier alpha value is -0.180. The molecule has 0 aromatic rings. The number of nitrogens with zero attached hydrogens (tertiary/aromatic N) is 1. The summed E-state index contributed by atoms with van der Waals surface area (Å²) in [5, 5.41) is 5.56. The Morgan fingerprint density at radius 3 is 2.56 bits per heavy atom. The van der Waals surface area contributed by atoms with Crippen LogP contribution in [0.5, 0.6) is 0 Å². The molecule has 0 aromatic carbocycles. The zero-order valence-electron chi connectivity index (χ0n) is 12.2. The summed E-state index contributed by atoms with van der Waals surface area (Å²) in [5.41, 5.74) is 0.593. The topological polar surface area (TPSA) is 24.4 Å². The van der Waals surface area contributed by atoms with E-state index in [1.165, 1.54) is 43.7 Å². The molecule has 1 unspecified atom stereocenters. The number of hydrogen-bond acceptors (Lipinski definition) is 3. The summed E-state index contributed by atoms with van der Waals surface area (Å²) in [6, 6.07) is 0. The normalized spacial score (nSPS) is 26.0. The molecule has 2 nitrogen and oxygen atoms in total. The predicted molar refractivity (Wildman–Crippen MR) is 82.3 cm³/mol. The minimum Gasteiger partial charge on any atom is -0.364 e. The van der Waals surface area contributed by atoms with E-state index in [1.807, 2.05) is 11.8 Å². The Labute approximate surface area is 116 Å². The maximum absolute atomic E-state index is 4.70. The lowest BCUT2D eigenvalue weighted by atomic mass is 9.67. The molecule has 1 aliphatic heterocycles. The number of aliphatic imine (C=N–C) groups is 1. The van der Waals surface area contributed by atoms with Gasteiger partial charge in [0.25, 0.3) is 0 Å². The molecule has 2 aliphatic rings. The fourth-order valence-electron chi connectivity index (χ4n) is 3.14. The molecule has 1 atom stereocenters. The van der Waals surface area contributed by atoms with Crippen molar-refractivity contribution >= 4 is 16.9 Å². The molecule has 0 aromatic heterocycles. The van der Waals surface area contributed by atoms with E-state index < -0.39 is 0 Å². The molecule has 3 heteroatoms. The van der Waals surface area contributed by atoms with E-state index in [0.717, 1.165) is 24.3 Å². The molecule has 0 spiro atoms. The number of amidine groups is 1. The van der Waals surface area contributed by atoms with E-state index in [-0.39, 0.29) is 0 Å². The van der Waals surface area contributed by atoms with Gasteiger partial charge in [-0.3, -0.25) is 4.99 Å². The zero-order valence-corrected chi connectivity index (χ0v) is 13.0. The molecular formula is C15H28N2S. The minimum atomic E-state index is 0.593. The number of rotatable bonds is 6. The molecule has 104 valence electrons. The van der Waals surface area contributed by atoms with Crippen LogP contribution in [0.15, 0.2) is 4.99 Å². The second kappa shape index (κ2) is 6.31. The van der Waals surface area contributed by atoms with Crippen molar-refractivity contribution in [2.24, 2.45) is 16.3 Å². The van der Waals surface area contributed by atoms with Crippen LogP contribution in [0.4, 0.5) is 0 Å². The fourth-order valence-corrected chi connectivity index (χ4v) is 4.46. The first kappa shape index (κ1) is 14.2. The summed E-state index contributed by atoms with van der Waals surface area (Å²) in [4.78, 5) is 4.70. The highest BCUT2D eigenvalue weighted by atomic mass is 32.2. The monoisotopic (exact) mass is 268 g/mol. The second-order valence-corrected chi connectivity index (χ2v) is 7.17. The molecule has 1 N–H and O–H groups in total. The van der Waals surface area contributed by atoms with E-state index in [0.29, 0.717) is 5.41 Å². The zero-order chi connectivity index (χ0) is 13.0. The smallest absolute Gasteiger partial charge is 0.156 e. The van der Waals surface area contributed by atoms with Crippen LogP contribution >= 0.6 is 11.8 Å². The largest absolute Gasteiger partial charge is 0.364 e. The van der Waals surface area contributed by atoms with Gasteiger partial charge in [-0.1, -0.05) is 51.8 Å². The Bertz CT molecular complexity index is 287. The summed E-state index contributed by atoms with van der Waals surface area (Å²) in [5.74, 6) is 0.835. The van der Waals surface area contributed by atoms with Gasteiger partial charge in [0.1, 0.15) is 0 Å². The average molecular weight is 268 g/mol. The maximum atomic E-state index is 4.70. The summed E-state index contributed by atoms with van der Waals surface area (Å²) in [7, 11) is 0. The molecule has 0 radical (unpaired) electrons. The van der Waals surface area contributed by atoms with Crippen molar-refractivity contribution in [3.05, 3.63) is 0 Å². The average Bonchev–Trinajstić information content (AvgIpc) is 2.79. The molecule has 1 aliphatic carbocycles. The number of hydrogen-bond donors (Lipinski definition) is 1. The summed E-state index contributed by atoms with van der Waals surface area (Å²) < 4.78 is 0. The van der Waals surface area contributed by atoms with Crippen LogP contribution in [0, 0.1) is 11.3 Å². The third-order valence-electron chi connectivity index (χ3n) is 5.03. The third kappa shape index (κ3) is 3.04. The van der Waals surface area contributed by atoms with Gasteiger partial charge in [0.2, 0.25) is 0 Å².